The van der Waals surface area contributed by atoms with E-state index in [0.717, 1.165) is 42.4 Å². The molecule has 5 N–H and O–H groups in total. The molecule has 13 heteroatoms. The van der Waals surface area contributed by atoms with Crippen molar-refractivity contribution in [2.45, 2.75) is 100 Å². The van der Waals surface area contributed by atoms with E-state index in [0.29, 0.717) is 6.42 Å². The number of ether oxygens (including phenoxy) is 3. The van der Waals surface area contributed by atoms with Gasteiger partial charge in [-0.3, -0.25) is 19.2 Å². The maximum Gasteiger partial charge on any atom is 0.327 e. The molecule has 272 valence electrons. The van der Waals surface area contributed by atoms with Gasteiger partial charge in [-0.25, -0.2) is 0 Å². The van der Waals surface area contributed by atoms with Crippen LogP contribution in [0.2, 0.25) is 0 Å². The van der Waals surface area contributed by atoms with Crippen LogP contribution in [0.4, 0.5) is 0 Å². The van der Waals surface area contributed by atoms with Crippen molar-refractivity contribution in [3.63, 3.8) is 0 Å². The predicted molar refractivity (Wildman–Crippen MR) is 180 cm³/mol. The van der Waals surface area contributed by atoms with Crippen molar-refractivity contribution in [1.29, 1.82) is 0 Å². The topological polar surface area (TPSA) is 176 Å². The summed E-state index contributed by atoms with van der Waals surface area (Å²) in [6.07, 6.45) is 4.23. The number of carbonyl (C=O) groups excluding carboxylic acids is 3. The molecule has 2 bridgehead atoms. The first-order valence-electron chi connectivity index (χ1n) is 18.0. The molecule has 51 heavy (non-hydrogen) atoms. The van der Waals surface area contributed by atoms with Crippen LogP contribution in [0.25, 0.3) is 6.08 Å². The monoisotopic (exact) mass is 703 g/mol. The van der Waals surface area contributed by atoms with Crippen LogP contribution < -0.4 is 10.6 Å². The number of rotatable bonds is 13. The number of carbonyl (C=O) groups is 3. The summed E-state index contributed by atoms with van der Waals surface area (Å²) in [5, 5.41) is 36.6. The van der Waals surface area contributed by atoms with Gasteiger partial charge in [0.1, 0.15) is 41.6 Å². The van der Waals surface area contributed by atoms with Crippen LogP contribution >= 0.6 is 0 Å². The fourth-order valence-corrected chi connectivity index (χ4v) is 8.56. The highest BCUT2D eigenvalue weighted by molar-refractivity contribution is 5.96. The molecular formula is C38H45N3O10. The van der Waals surface area contributed by atoms with Crippen molar-refractivity contribution < 1.29 is 48.8 Å². The Morgan fingerprint density at radius 3 is 2.41 bits per heavy atom. The number of phenols is 1. The molecule has 2 aromatic rings. The number of benzene rings is 2. The Balaban J connectivity index is 1.08. The standard InChI is InChI=1S/C38H45N3O10/c1-21(43)29(34(45)39-17-18-42)40-36(47)37-19-28-30-31(50-38(49-30,25-13-14-25)26-15-16-26)33(37)51-41(32(37)35(46)48-28)20-23-11-9-22(10-12-23)5-4-7-24-6-2-3-8-27(24)44/h2-6,8-12,21,25-26,28-33,42-44H,7,13-20H2,1H3,(H,39,45)(H,40,47). The second kappa shape index (κ2) is 13.3. The zero-order chi connectivity index (χ0) is 35.5. The highest BCUT2D eigenvalue weighted by atomic mass is 16.8. The van der Waals surface area contributed by atoms with E-state index in [1.807, 2.05) is 48.6 Å². The quantitative estimate of drug-likeness (QED) is 0.192. The number of para-hydroxylation sites is 1. The van der Waals surface area contributed by atoms with Gasteiger partial charge < -0.3 is 40.2 Å². The fraction of sp³-hybridized carbons (Fsp3) is 0.553. The van der Waals surface area contributed by atoms with Crippen molar-refractivity contribution >= 4 is 23.9 Å². The number of esters is 1. The lowest BCUT2D eigenvalue weighted by Crippen LogP contribution is -2.71. The number of aliphatic hydroxyl groups is 2. The summed E-state index contributed by atoms with van der Waals surface area (Å²) in [7, 11) is 0. The van der Waals surface area contributed by atoms with E-state index in [1.54, 1.807) is 12.1 Å². The number of hydroxylamine groups is 2. The van der Waals surface area contributed by atoms with Crippen molar-refractivity contribution in [3.05, 3.63) is 71.3 Å². The largest absolute Gasteiger partial charge is 0.508 e. The molecule has 0 spiro atoms. The summed E-state index contributed by atoms with van der Waals surface area (Å²) in [6.45, 7) is 1.19. The van der Waals surface area contributed by atoms with Gasteiger partial charge in [0.25, 0.3) is 0 Å². The number of nitrogens with one attached hydrogen (secondary N) is 2. The lowest BCUT2D eigenvalue weighted by Gasteiger charge is -2.49. The Morgan fingerprint density at radius 1 is 1.04 bits per heavy atom. The van der Waals surface area contributed by atoms with Crippen LogP contribution in [-0.4, -0.2) is 99.7 Å². The summed E-state index contributed by atoms with van der Waals surface area (Å²) in [4.78, 5) is 48.3. The van der Waals surface area contributed by atoms with Gasteiger partial charge in [-0.05, 0) is 61.8 Å². The number of amides is 2. The van der Waals surface area contributed by atoms with E-state index in [2.05, 4.69) is 10.6 Å². The van der Waals surface area contributed by atoms with Crippen LogP contribution in [0, 0.1) is 17.3 Å². The minimum absolute atomic E-state index is 0.0514. The Labute approximate surface area is 295 Å². The van der Waals surface area contributed by atoms with Gasteiger partial charge >= 0.3 is 5.97 Å². The van der Waals surface area contributed by atoms with Crippen molar-refractivity contribution in [1.82, 2.24) is 15.7 Å². The predicted octanol–water partition coefficient (Wildman–Crippen LogP) is 1.72. The molecule has 2 aromatic carbocycles. The van der Waals surface area contributed by atoms with Crippen LogP contribution in [-0.2, 0) is 46.4 Å². The zero-order valence-corrected chi connectivity index (χ0v) is 28.5. The van der Waals surface area contributed by atoms with Gasteiger partial charge in [0.2, 0.25) is 11.8 Å². The minimum atomic E-state index is -1.51. The summed E-state index contributed by atoms with van der Waals surface area (Å²) >= 11 is 0. The molecule has 6 aliphatic rings. The van der Waals surface area contributed by atoms with Gasteiger partial charge in [-0.2, -0.15) is 5.06 Å². The molecule has 3 heterocycles. The van der Waals surface area contributed by atoms with Gasteiger partial charge in [-0.1, -0.05) is 54.6 Å². The summed E-state index contributed by atoms with van der Waals surface area (Å²) in [6, 6.07) is 12.4. The van der Waals surface area contributed by atoms with Gasteiger partial charge in [0.05, 0.1) is 19.3 Å². The Hall–Kier alpha value is -3.85. The highest BCUT2D eigenvalue weighted by Crippen LogP contribution is 2.63. The van der Waals surface area contributed by atoms with Gasteiger partial charge in [0, 0.05) is 24.8 Å². The Morgan fingerprint density at radius 2 is 1.75 bits per heavy atom. The molecular weight excluding hydrogens is 658 g/mol. The Kier molecular flexibility index (Phi) is 8.92. The lowest BCUT2D eigenvalue weighted by molar-refractivity contribution is -0.235. The summed E-state index contributed by atoms with van der Waals surface area (Å²) < 4.78 is 19.7. The molecule has 2 amide bonds. The normalized spacial score (nSPS) is 31.9. The Bertz CT molecular complexity index is 1680. The molecule has 13 nitrogen and oxygen atoms in total. The van der Waals surface area contributed by atoms with E-state index in [-0.39, 0.29) is 43.7 Å². The van der Waals surface area contributed by atoms with E-state index in [4.69, 9.17) is 19.0 Å². The molecule has 3 aliphatic heterocycles. The smallest absolute Gasteiger partial charge is 0.327 e. The maximum absolute atomic E-state index is 14.7. The molecule has 0 aromatic heterocycles. The molecule has 0 radical (unpaired) electrons. The number of aliphatic hydroxyl groups excluding tert-OH is 2. The van der Waals surface area contributed by atoms with Crippen molar-refractivity contribution in [2.75, 3.05) is 13.2 Å². The first kappa shape index (κ1) is 34.2. The first-order valence-corrected chi connectivity index (χ1v) is 18.0. The molecule has 8 unspecified atom stereocenters. The second-order valence-electron chi connectivity index (χ2n) is 14.8. The van der Waals surface area contributed by atoms with Crippen LogP contribution in [0.5, 0.6) is 5.75 Å². The van der Waals surface area contributed by atoms with Gasteiger partial charge in [0.15, 0.2) is 11.8 Å². The summed E-state index contributed by atoms with van der Waals surface area (Å²) in [5.74, 6) is -2.00. The summed E-state index contributed by atoms with van der Waals surface area (Å²) in [5.41, 5.74) is 1.09. The van der Waals surface area contributed by atoms with E-state index in [1.165, 1.54) is 12.0 Å². The van der Waals surface area contributed by atoms with Crippen LogP contribution in [0.1, 0.15) is 55.7 Å². The van der Waals surface area contributed by atoms with E-state index in [9.17, 15) is 29.7 Å². The number of fused-ring (bicyclic) bond motifs is 4. The number of nitrogens with zero attached hydrogens (tertiary/aromatic N) is 1. The van der Waals surface area contributed by atoms with Gasteiger partial charge in [-0.15, -0.1) is 0 Å². The van der Waals surface area contributed by atoms with Crippen molar-refractivity contribution in [3.8, 4) is 5.75 Å². The molecule has 3 aliphatic carbocycles. The minimum Gasteiger partial charge on any atom is -0.508 e. The van der Waals surface area contributed by atoms with Crippen LogP contribution in [0.3, 0.4) is 0 Å². The number of allylic oxidation sites excluding steroid dienone is 1. The molecule has 3 saturated carbocycles. The van der Waals surface area contributed by atoms with Crippen LogP contribution in [0.15, 0.2) is 54.6 Å². The van der Waals surface area contributed by atoms with E-state index >= 15 is 0 Å². The molecule has 8 atom stereocenters. The third kappa shape index (κ3) is 6.03. The number of hydrogen-bond acceptors (Lipinski definition) is 11. The molecule has 6 fully saturated rings. The number of hydrogen-bond donors (Lipinski definition) is 5. The number of aromatic hydroxyl groups is 1. The first-order chi connectivity index (χ1) is 24.6. The SMILES string of the molecule is CC(O)C(NC(=O)C12CC3OC(=O)C1N(Cc1ccc(C=CCc4ccccc4O)cc1)OC2C1OC(C2CC2)(C2CC2)OC31)C(=O)NCCO. The number of phenolic OH excluding ortho intramolecular Hbond substituents is 1. The maximum atomic E-state index is 14.7. The lowest BCUT2D eigenvalue weighted by atomic mass is 9.62. The molecule has 8 rings (SSSR count). The zero-order valence-electron chi connectivity index (χ0n) is 28.5. The highest BCUT2D eigenvalue weighted by Gasteiger charge is 2.78. The average molecular weight is 704 g/mol. The third-order valence-corrected chi connectivity index (χ3v) is 11.3. The average Bonchev–Trinajstić information content (AvgIpc) is 4.06. The van der Waals surface area contributed by atoms with E-state index < -0.39 is 71.6 Å². The third-order valence-electron chi connectivity index (χ3n) is 11.3. The second-order valence-corrected chi connectivity index (χ2v) is 14.8. The fourth-order valence-electron chi connectivity index (χ4n) is 8.56. The van der Waals surface area contributed by atoms with Crippen molar-refractivity contribution in [2.24, 2.45) is 17.3 Å². The molecule has 3 saturated heterocycles.